The Labute approximate surface area is 96.9 Å². The zero-order valence-corrected chi connectivity index (χ0v) is 9.76. The van der Waals surface area contributed by atoms with Crippen molar-refractivity contribution >= 4 is 0 Å². The van der Waals surface area contributed by atoms with E-state index in [0.717, 1.165) is 6.54 Å². The van der Waals surface area contributed by atoms with Crippen molar-refractivity contribution in [3.05, 3.63) is 54.4 Å². The number of aromatic nitrogens is 1. The molecule has 0 bridgehead atoms. The van der Waals surface area contributed by atoms with E-state index in [1.54, 1.807) is 0 Å². The summed E-state index contributed by atoms with van der Waals surface area (Å²) in [5, 5.41) is 2.36. The van der Waals surface area contributed by atoms with E-state index in [1.807, 2.05) is 0 Å². The molecule has 0 radical (unpaired) electrons. The molecule has 0 atom stereocenters. The number of benzene rings is 1. The van der Waals surface area contributed by atoms with Crippen molar-refractivity contribution in [1.29, 1.82) is 0 Å². The Bertz CT molecular complexity index is 417. The van der Waals surface area contributed by atoms with Crippen molar-refractivity contribution in [2.24, 2.45) is 0 Å². The molecule has 84 valence electrons. The van der Waals surface area contributed by atoms with E-state index >= 15 is 0 Å². The highest BCUT2D eigenvalue weighted by Crippen LogP contribution is 2.11. The molecule has 0 unspecified atom stereocenters. The maximum Gasteiger partial charge on any atom is 0.117 e. The summed E-state index contributed by atoms with van der Waals surface area (Å²) in [6, 6.07) is 14.8. The third-order valence-corrected chi connectivity index (χ3v) is 2.71. The number of quaternary nitrogens is 1. The van der Waals surface area contributed by atoms with Gasteiger partial charge in [0.25, 0.3) is 0 Å². The quantitative estimate of drug-likeness (QED) is 0.736. The maximum absolute atomic E-state index is 2.36. The second-order valence-corrected chi connectivity index (χ2v) is 3.99. The van der Waals surface area contributed by atoms with Crippen molar-refractivity contribution in [3.63, 3.8) is 0 Å². The van der Waals surface area contributed by atoms with E-state index < -0.39 is 0 Å². The molecule has 0 saturated carbocycles. The van der Waals surface area contributed by atoms with Gasteiger partial charge < -0.3 is 9.88 Å². The van der Waals surface area contributed by atoms with Crippen LogP contribution in [0.25, 0.3) is 5.69 Å². The van der Waals surface area contributed by atoms with Gasteiger partial charge >= 0.3 is 0 Å². The van der Waals surface area contributed by atoms with Crippen LogP contribution >= 0.6 is 0 Å². The molecule has 2 aromatic rings. The lowest BCUT2D eigenvalue weighted by atomic mass is 10.3. The standard InChI is InChI=1S/C14H18N2/c1-2-10-15-12-14-9-6-11-16(14)13-7-4-3-5-8-13/h3-9,11,15H,2,10,12H2,1H3/p+1. The highest BCUT2D eigenvalue weighted by molar-refractivity contribution is 5.34. The predicted octanol–water partition coefficient (Wildman–Crippen LogP) is 1.95. The van der Waals surface area contributed by atoms with E-state index in [9.17, 15) is 0 Å². The monoisotopic (exact) mass is 215 g/mol. The van der Waals surface area contributed by atoms with Crippen LogP contribution in [0.15, 0.2) is 48.7 Å². The van der Waals surface area contributed by atoms with Gasteiger partial charge in [-0.05, 0) is 30.7 Å². The zero-order chi connectivity index (χ0) is 11.2. The second-order valence-electron chi connectivity index (χ2n) is 3.99. The van der Waals surface area contributed by atoms with Crippen LogP contribution in [-0.2, 0) is 6.54 Å². The molecule has 1 aromatic heterocycles. The predicted molar refractivity (Wildman–Crippen MR) is 66.6 cm³/mol. The summed E-state index contributed by atoms with van der Waals surface area (Å²) in [6.07, 6.45) is 3.36. The molecule has 0 saturated heterocycles. The van der Waals surface area contributed by atoms with Gasteiger partial charge in [0.1, 0.15) is 6.54 Å². The summed E-state index contributed by atoms with van der Waals surface area (Å²) in [5.41, 5.74) is 2.60. The zero-order valence-electron chi connectivity index (χ0n) is 9.76. The Morgan fingerprint density at radius 1 is 1.06 bits per heavy atom. The lowest BCUT2D eigenvalue weighted by molar-refractivity contribution is -0.671. The first-order valence-electron chi connectivity index (χ1n) is 5.95. The molecular formula is C14H19N2+. The average Bonchev–Trinajstić information content (AvgIpc) is 2.79. The van der Waals surface area contributed by atoms with Crippen LogP contribution < -0.4 is 5.32 Å². The van der Waals surface area contributed by atoms with Crippen LogP contribution in [0.5, 0.6) is 0 Å². The molecule has 0 aliphatic carbocycles. The van der Waals surface area contributed by atoms with Gasteiger partial charge in [-0.25, -0.2) is 0 Å². The minimum Gasteiger partial charge on any atom is -0.341 e. The number of para-hydroxylation sites is 1. The van der Waals surface area contributed by atoms with Gasteiger partial charge in [-0.3, -0.25) is 0 Å². The first kappa shape index (κ1) is 11.0. The second kappa shape index (κ2) is 5.52. The van der Waals surface area contributed by atoms with E-state index in [2.05, 4.69) is 65.5 Å². The molecule has 0 fully saturated rings. The van der Waals surface area contributed by atoms with Crippen molar-refractivity contribution in [1.82, 2.24) is 4.57 Å². The Hall–Kier alpha value is -1.54. The molecule has 16 heavy (non-hydrogen) atoms. The van der Waals surface area contributed by atoms with Crippen molar-refractivity contribution in [3.8, 4) is 5.69 Å². The fourth-order valence-electron chi connectivity index (χ4n) is 1.88. The molecule has 1 aromatic carbocycles. The first-order valence-corrected chi connectivity index (χ1v) is 5.95. The lowest BCUT2D eigenvalue weighted by Gasteiger charge is -2.08. The van der Waals surface area contributed by atoms with Gasteiger partial charge in [0.2, 0.25) is 0 Å². The lowest BCUT2D eigenvalue weighted by Crippen LogP contribution is -2.82. The van der Waals surface area contributed by atoms with Crippen LogP contribution in [0.4, 0.5) is 0 Å². The molecule has 2 heteroatoms. The topological polar surface area (TPSA) is 21.5 Å². The van der Waals surface area contributed by atoms with Crippen molar-refractivity contribution in [2.45, 2.75) is 19.9 Å². The van der Waals surface area contributed by atoms with Gasteiger partial charge in [0.15, 0.2) is 0 Å². The molecule has 0 spiro atoms. The van der Waals surface area contributed by atoms with Gasteiger partial charge in [0, 0.05) is 11.9 Å². The van der Waals surface area contributed by atoms with E-state index in [-0.39, 0.29) is 0 Å². The Morgan fingerprint density at radius 2 is 1.88 bits per heavy atom. The third kappa shape index (κ3) is 2.52. The van der Waals surface area contributed by atoms with Crippen LogP contribution in [-0.4, -0.2) is 11.1 Å². The number of hydrogen-bond donors (Lipinski definition) is 1. The molecule has 2 nitrogen and oxygen atoms in total. The van der Waals surface area contributed by atoms with Crippen LogP contribution in [0.1, 0.15) is 19.0 Å². The Kier molecular flexibility index (Phi) is 3.78. The normalized spacial score (nSPS) is 10.6. The minimum atomic E-state index is 1.05. The fraction of sp³-hybridized carbons (Fsp3) is 0.286. The fourth-order valence-corrected chi connectivity index (χ4v) is 1.88. The molecule has 1 heterocycles. The van der Waals surface area contributed by atoms with Crippen molar-refractivity contribution in [2.75, 3.05) is 6.54 Å². The van der Waals surface area contributed by atoms with E-state index in [1.165, 1.54) is 24.3 Å². The van der Waals surface area contributed by atoms with Gasteiger partial charge in [-0.2, -0.15) is 0 Å². The highest BCUT2D eigenvalue weighted by atomic mass is 15.0. The van der Waals surface area contributed by atoms with Crippen LogP contribution in [0.2, 0.25) is 0 Å². The molecule has 0 amide bonds. The Morgan fingerprint density at radius 3 is 2.62 bits per heavy atom. The molecule has 0 aliphatic heterocycles. The van der Waals surface area contributed by atoms with E-state index in [4.69, 9.17) is 0 Å². The molecule has 0 aliphatic rings. The summed E-state index contributed by atoms with van der Waals surface area (Å²) in [5.74, 6) is 0. The summed E-state index contributed by atoms with van der Waals surface area (Å²) in [6.45, 7) is 4.46. The largest absolute Gasteiger partial charge is 0.341 e. The first-order chi connectivity index (χ1) is 7.92. The minimum absolute atomic E-state index is 1.05. The summed E-state index contributed by atoms with van der Waals surface area (Å²) < 4.78 is 2.26. The smallest absolute Gasteiger partial charge is 0.117 e. The van der Waals surface area contributed by atoms with Gasteiger partial charge in [-0.1, -0.05) is 25.1 Å². The molecule has 2 N–H and O–H groups in total. The third-order valence-electron chi connectivity index (χ3n) is 2.71. The number of hydrogen-bond acceptors (Lipinski definition) is 0. The number of nitrogens with two attached hydrogens (primary N) is 1. The van der Waals surface area contributed by atoms with Crippen molar-refractivity contribution < 1.29 is 5.32 Å². The van der Waals surface area contributed by atoms with Crippen LogP contribution in [0, 0.1) is 0 Å². The number of rotatable bonds is 5. The average molecular weight is 215 g/mol. The number of nitrogens with zero attached hydrogens (tertiary/aromatic N) is 1. The summed E-state index contributed by atoms with van der Waals surface area (Å²) >= 11 is 0. The summed E-state index contributed by atoms with van der Waals surface area (Å²) in [4.78, 5) is 0. The molecular weight excluding hydrogens is 196 g/mol. The van der Waals surface area contributed by atoms with Gasteiger partial charge in [0.05, 0.1) is 12.2 Å². The molecule has 2 rings (SSSR count). The SMILES string of the molecule is CCC[NH2+]Cc1cccn1-c1ccccc1. The van der Waals surface area contributed by atoms with Gasteiger partial charge in [-0.15, -0.1) is 0 Å². The summed E-state index contributed by atoms with van der Waals surface area (Å²) in [7, 11) is 0. The maximum atomic E-state index is 2.36. The van der Waals surface area contributed by atoms with E-state index in [0.29, 0.717) is 0 Å². The van der Waals surface area contributed by atoms with Crippen LogP contribution in [0.3, 0.4) is 0 Å². The highest BCUT2D eigenvalue weighted by Gasteiger charge is 2.03. The Balaban J connectivity index is 2.13.